The Morgan fingerprint density at radius 3 is 2.93 bits per heavy atom. The summed E-state index contributed by atoms with van der Waals surface area (Å²) in [5.74, 6) is 1.89. The van der Waals surface area contributed by atoms with Gasteiger partial charge in [0.2, 0.25) is 5.75 Å². The SMILES string of the molecule is COc1c(CNO)ccc2c1OCCO2. The second-order valence-electron chi connectivity index (χ2n) is 3.12. The van der Waals surface area contributed by atoms with E-state index in [1.165, 1.54) is 0 Å². The van der Waals surface area contributed by atoms with Gasteiger partial charge in [-0.05, 0) is 12.1 Å². The van der Waals surface area contributed by atoms with Gasteiger partial charge in [0, 0.05) is 12.1 Å². The summed E-state index contributed by atoms with van der Waals surface area (Å²) in [6.45, 7) is 1.37. The van der Waals surface area contributed by atoms with Crippen LogP contribution in [-0.2, 0) is 6.54 Å². The minimum absolute atomic E-state index is 0.305. The first kappa shape index (κ1) is 10.1. The number of benzene rings is 1. The van der Waals surface area contributed by atoms with Crippen molar-refractivity contribution in [1.82, 2.24) is 5.48 Å². The van der Waals surface area contributed by atoms with E-state index in [9.17, 15) is 0 Å². The maximum atomic E-state index is 8.67. The van der Waals surface area contributed by atoms with Crippen LogP contribution in [0.2, 0.25) is 0 Å². The largest absolute Gasteiger partial charge is 0.492 e. The van der Waals surface area contributed by atoms with E-state index in [1.807, 2.05) is 12.1 Å². The van der Waals surface area contributed by atoms with Gasteiger partial charge in [-0.15, -0.1) is 0 Å². The molecule has 0 spiro atoms. The number of rotatable bonds is 3. The Morgan fingerprint density at radius 2 is 2.20 bits per heavy atom. The molecule has 1 aliphatic rings. The van der Waals surface area contributed by atoms with Gasteiger partial charge in [0.25, 0.3) is 0 Å². The van der Waals surface area contributed by atoms with Crippen molar-refractivity contribution >= 4 is 0 Å². The maximum Gasteiger partial charge on any atom is 0.204 e. The Kier molecular flexibility index (Phi) is 2.94. The molecule has 5 nitrogen and oxygen atoms in total. The van der Waals surface area contributed by atoms with Crippen molar-refractivity contribution in [2.45, 2.75) is 6.54 Å². The van der Waals surface area contributed by atoms with E-state index in [-0.39, 0.29) is 0 Å². The van der Waals surface area contributed by atoms with Crippen LogP contribution in [-0.4, -0.2) is 25.5 Å². The van der Waals surface area contributed by atoms with Gasteiger partial charge >= 0.3 is 0 Å². The predicted octanol–water partition coefficient (Wildman–Crippen LogP) is 0.945. The van der Waals surface area contributed by atoms with Crippen LogP contribution in [0.15, 0.2) is 12.1 Å². The molecule has 0 fully saturated rings. The summed E-state index contributed by atoms with van der Waals surface area (Å²) < 4.78 is 16.1. The molecule has 0 aromatic heterocycles. The molecule has 2 N–H and O–H groups in total. The van der Waals surface area contributed by atoms with E-state index in [0.717, 1.165) is 5.56 Å². The Bertz CT molecular complexity index is 354. The van der Waals surface area contributed by atoms with Gasteiger partial charge in [-0.1, -0.05) is 0 Å². The number of hydroxylamine groups is 1. The van der Waals surface area contributed by atoms with Gasteiger partial charge in [-0.2, -0.15) is 0 Å². The van der Waals surface area contributed by atoms with Crippen molar-refractivity contribution in [2.75, 3.05) is 20.3 Å². The molecule has 1 aromatic rings. The highest BCUT2D eigenvalue weighted by molar-refractivity contribution is 5.56. The van der Waals surface area contributed by atoms with Crippen LogP contribution in [0.3, 0.4) is 0 Å². The molecule has 1 aromatic carbocycles. The van der Waals surface area contributed by atoms with E-state index < -0.39 is 0 Å². The van der Waals surface area contributed by atoms with Gasteiger partial charge in [0.1, 0.15) is 13.2 Å². The highest BCUT2D eigenvalue weighted by Gasteiger charge is 2.19. The number of hydrogen-bond acceptors (Lipinski definition) is 5. The van der Waals surface area contributed by atoms with Crippen LogP contribution in [0.25, 0.3) is 0 Å². The highest BCUT2D eigenvalue weighted by atomic mass is 16.6. The summed E-state index contributed by atoms with van der Waals surface area (Å²) >= 11 is 0. The first-order valence-corrected chi connectivity index (χ1v) is 4.69. The lowest BCUT2D eigenvalue weighted by Crippen LogP contribution is -2.17. The molecule has 0 aliphatic carbocycles. The smallest absolute Gasteiger partial charge is 0.204 e. The van der Waals surface area contributed by atoms with Gasteiger partial charge in [-0.3, -0.25) is 0 Å². The summed E-state index contributed by atoms with van der Waals surface area (Å²) in [4.78, 5) is 0. The quantitative estimate of drug-likeness (QED) is 0.729. The molecule has 0 radical (unpaired) electrons. The number of ether oxygens (including phenoxy) is 3. The molecule has 0 saturated heterocycles. The van der Waals surface area contributed by atoms with Crippen LogP contribution in [0.4, 0.5) is 0 Å². The average Bonchev–Trinajstić information content (AvgIpc) is 2.29. The van der Waals surface area contributed by atoms with Crippen LogP contribution in [0.1, 0.15) is 5.56 Å². The van der Waals surface area contributed by atoms with Gasteiger partial charge < -0.3 is 19.4 Å². The average molecular weight is 211 g/mol. The first-order valence-electron chi connectivity index (χ1n) is 4.69. The fraction of sp³-hybridized carbons (Fsp3) is 0.400. The van der Waals surface area contributed by atoms with Gasteiger partial charge in [-0.25, -0.2) is 5.48 Å². The van der Waals surface area contributed by atoms with Crippen LogP contribution in [0, 0.1) is 0 Å². The third-order valence-electron chi connectivity index (χ3n) is 2.22. The maximum absolute atomic E-state index is 8.67. The van der Waals surface area contributed by atoms with Crippen molar-refractivity contribution < 1.29 is 19.4 Å². The van der Waals surface area contributed by atoms with E-state index >= 15 is 0 Å². The van der Waals surface area contributed by atoms with Crippen LogP contribution in [0.5, 0.6) is 17.2 Å². The lowest BCUT2D eigenvalue weighted by molar-refractivity contribution is 0.154. The Balaban J connectivity index is 2.42. The lowest BCUT2D eigenvalue weighted by Gasteiger charge is -2.21. The minimum atomic E-state index is 0.305. The zero-order valence-corrected chi connectivity index (χ0v) is 8.45. The van der Waals surface area contributed by atoms with Crippen molar-refractivity contribution in [1.29, 1.82) is 0 Å². The van der Waals surface area contributed by atoms with Crippen molar-refractivity contribution in [3.63, 3.8) is 0 Å². The zero-order valence-electron chi connectivity index (χ0n) is 8.45. The van der Waals surface area contributed by atoms with Crippen LogP contribution >= 0.6 is 0 Å². The van der Waals surface area contributed by atoms with Crippen molar-refractivity contribution in [2.24, 2.45) is 0 Å². The Labute approximate surface area is 87.5 Å². The number of methoxy groups -OCH3 is 1. The summed E-state index contributed by atoms with van der Waals surface area (Å²) in [6.07, 6.45) is 0. The molecule has 0 bridgehead atoms. The normalized spacial score (nSPS) is 13.7. The van der Waals surface area contributed by atoms with E-state index in [4.69, 9.17) is 19.4 Å². The minimum Gasteiger partial charge on any atom is -0.492 e. The van der Waals surface area contributed by atoms with Crippen molar-refractivity contribution in [3.05, 3.63) is 17.7 Å². The molecule has 0 amide bonds. The Hall–Kier alpha value is -1.46. The molecular weight excluding hydrogens is 198 g/mol. The monoisotopic (exact) mass is 211 g/mol. The zero-order chi connectivity index (χ0) is 10.7. The van der Waals surface area contributed by atoms with Crippen molar-refractivity contribution in [3.8, 4) is 17.2 Å². The molecule has 5 heteroatoms. The fourth-order valence-electron chi connectivity index (χ4n) is 1.58. The standard InChI is InChI=1S/C10H13NO4/c1-13-9-7(6-11-12)2-3-8-10(9)15-5-4-14-8/h2-3,11-12H,4-6H2,1H3. The fourth-order valence-corrected chi connectivity index (χ4v) is 1.58. The van der Waals surface area contributed by atoms with E-state index in [2.05, 4.69) is 5.48 Å². The van der Waals surface area contributed by atoms with Crippen LogP contribution < -0.4 is 19.7 Å². The summed E-state index contributed by atoms with van der Waals surface area (Å²) in [5.41, 5.74) is 2.91. The molecule has 0 saturated carbocycles. The molecule has 0 atom stereocenters. The highest BCUT2D eigenvalue weighted by Crippen LogP contribution is 2.41. The molecule has 1 heterocycles. The topological polar surface area (TPSA) is 60.0 Å². The molecule has 82 valence electrons. The summed E-state index contributed by atoms with van der Waals surface area (Å²) in [6, 6.07) is 3.64. The summed E-state index contributed by atoms with van der Waals surface area (Å²) in [5, 5.41) is 8.67. The van der Waals surface area contributed by atoms with Gasteiger partial charge in [0.15, 0.2) is 11.5 Å². The second kappa shape index (κ2) is 4.37. The molecule has 0 unspecified atom stereocenters. The lowest BCUT2D eigenvalue weighted by atomic mass is 10.1. The number of nitrogens with one attached hydrogen (secondary N) is 1. The second-order valence-corrected chi connectivity index (χ2v) is 3.12. The summed E-state index contributed by atoms with van der Waals surface area (Å²) in [7, 11) is 1.56. The predicted molar refractivity (Wildman–Crippen MR) is 52.6 cm³/mol. The van der Waals surface area contributed by atoms with E-state index in [1.54, 1.807) is 7.11 Å². The van der Waals surface area contributed by atoms with E-state index in [0.29, 0.717) is 37.0 Å². The first-order chi connectivity index (χ1) is 7.36. The Morgan fingerprint density at radius 1 is 1.40 bits per heavy atom. The number of fused-ring (bicyclic) bond motifs is 1. The third kappa shape index (κ3) is 1.84. The van der Waals surface area contributed by atoms with Gasteiger partial charge in [0.05, 0.1) is 7.11 Å². The number of hydrogen-bond donors (Lipinski definition) is 2. The molecule has 1 aliphatic heterocycles. The molecule has 15 heavy (non-hydrogen) atoms. The molecular formula is C10H13NO4. The third-order valence-corrected chi connectivity index (χ3v) is 2.22. The molecule has 2 rings (SSSR count).